The van der Waals surface area contributed by atoms with Crippen LogP contribution in [0, 0.1) is 13.8 Å². The zero-order valence-corrected chi connectivity index (χ0v) is 19.8. The number of aliphatic hydroxyl groups excluding tert-OH is 1. The van der Waals surface area contributed by atoms with Crippen molar-refractivity contribution in [1.29, 1.82) is 0 Å². The van der Waals surface area contributed by atoms with Crippen LogP contribution in [0.4, 0.5) is 0 Å². The van der Waals surface area contributed by atoms with Crippen molar-refractivity contribution in [3.05, 3.63) is 69.5 Å². The molecule has 2 aromatic carbocycles. The average molecular weight is 482 g/mol. The van der Waals surface area contributed by atoms with Gasteiger partial charge < -0.3 is 28.5 Å². The summed E-state index contributed by atoms with van der Waals surface area (Å²) in [6, 6.07) is 10.7. The van der Waals surface area contributed by atoms with Gasteiger partial charge in [-0.05, 0) is 44.4 Å². The number of aromatic hydroxyl groups is 1. The van der Waals surface area contributed by atoms with E-state index in [1.807, 2.05) is 32.0 Å². The number of aliphatic hydroxyl groups is 1. The van der Waals surface area contributed by atoms with Crippen LogP contribution >= 0.6 is 0 Å². The van der Waals surface area contributed by atoms with Crippen LogP contribution in [0.15, 0.2) is 50.3 Å². The maximum Gasteiger partial charge on any atom is 0.343 e. The molecule has 0 spiro atoms. The summed E-state index contributed by atoms with van der Waals surface area (Å²) in [5.41, 5.74) is 11.4. The van der Waals surface area contributed by atoms with Crippen LogP contribution in [0.2, 0.25) is 0 Å². The van der Waals surface area contributed by atoms with Crippen molar-refractivity contribution in [3.8, 4) is 11.5 Å². The molecule has 2 aromatic heterocycles. The summed E-state index contributed by atoms with van der Waals surface area (Å²) >= 11 is 0. The lowest BCUT2D eigenvalue weighted by atomic mass is 10.1. The first-order valence-electron chi connectivity index (χ1n) is 10.9. The van der Waals surface area contributed by atoms with Crippen LogP contribution in [0.5, 0.6) is 11.5 Å². The Morgan fingerprint density at radius 3 is 2.31 bits per heavy atom. The predicted molar refractivity (Wildman–Crippen MR) is 130 cm³/mol. The molecular weight excluding hydrogens is 454 g/mol. The molecule has 2 N–H and O–H groups in total. The van der Waals surface area contributed by atoms with Crippen LogP contribution < -0.4 is 4.74 Å². The van der Waals surface area contributed by atoms with Gasteiger partial charge >= 0.3 is 5.97 Å². The second kappa shape index (κ2) is 11.8. The molecule has 0 unspecified atom stereocenters. The first kappa shape index (κ1) is 25.5. The number of benzene rings is 2. The second-order valence-electron chi connectivity index (χ2n) is 7.60. The maximum atomic E-state index is 11.1. The van der Waals surface area contributed by atoms with Crippen molar-refractivity contribution >= 4 is 27.9 Å². The number of fused-ring (bicyclic) bond motifs is 2. The molecule has 0 saturated heterocycles. The summed E-state index contributed by atoms with van der Waals surface area (Å²) in [5.74, 6) is 1.67. The van der Waals surface area contributed by atoms with E-state index in [-0.39, 0.29) is 19.0 Å². The largest absolute Gasteiger partial charge is 0.504 e. The molecule has 0 fully saturated rings. The fourth-order valence-electron chi connectivity index (χ4n) is 3.79. The number of aryl methyl sites for hydroxylation is 2. The summed E-state index contributed by atoms with van der Waals surface area (Å²) in [6.45, 7) is 3.95. The summed E-state index contributed by atoms with van der Waals surface area (Å²) in [4.78, 5) is 13.9. The standard InChI is InChI=1S/C14H15N3O4.C11H12O3/c1-9-10(6-7-16-17-15)11-4-3-5-12(14(11)21-9)20-8-13(18)19-2;1-7-8(5-6-12)9-3-2-4-10(13)11(9)14-7/h3-5H,6-8H2,1-2H3;2-4,12-13H,5-6H2,1H3. The number of hydrogen-bond acceptors (Lipinski definition) is 8. The lowest BCUT2D eigenvalue weighted by molar-refractivity contribution is -0.142. The molecule has 0 saturated carbocycles. The summed E-state index contributed by atoms with van der Waals surface area (Å²) < 4.78 is 21.1. The number of carbonyl (C=O) groups is 1. The first-order chi connectivity index (χ1) is 16.9. The SMILES string of the molecule is COC(=O)COc1cccc2c(CCN=[N+]=[N-])c(C)oc12.Cc1oc2c(O)cccc2c1CCO. The minimum absolute atomic E-state index is 0.0884. The van der Waals surface area contributed by atoms with Crippen LogP contribution in [0.25, 0.3) is 32.4 Å². The molecule has 0 radical (unpaired) electrons. The number of azide groups is 1. The molecule has 0 aliphatic rings. The number of phenols is 1. The molecule has 4 rings (SSSR count). The number of ether oxygens (including phenoxy) is 2. The first-order valence-corrected chi connectivity index (χ1v) is 10.9. The molecule has 35 heavy (non-hydrogen) atoms. The number of hydrogen-bond donors (Lipinski definition) is 2. The van der Waals surface area contributed by atoms with Crippen LogP contribution in [-0.2, 0) is 22.4 Å². The van der Waals surface area contributed by atoms with Gasteiger partial charge in [-0.15, -0.1) is 0 Å². The third kappa shape index (κ3) is 5.87. The monoisotopic (exact) mass is 481 g/mol. The van der Waals surface area contributed by atoms with Crippen molar-refractivity contribution in [3.63, 3.8) is 0 Å². The lowest BCUT2D eigenvalue weighted by Crippen LogP contribution is -2.12. The minimum Gasteiger partial charge on any atom is -0.504 e. The molecular formula is C25H27N3O7. The number of rotatable bonds is 8. The molecule has 184 valence electrons. The zero-order valence-electron chi connectivity index (χ0n) is 19.8. The van der Waals surface area contributed by atoms with Gasteiger partial charge in [0.2, 0.25) is 0 Å². The van der Waals surface area contributed by atoms with E-state index >= 15 is 0 Å². The molecule has 4 aromatic rings. The van der Waals surface area contributed by atoms with E-state index in [9.17, 15) is 9.90 Å². The van der Waals surface area contributed by atoms with E-state index < -0.39 is 5.97 Å². The highest BCUT2D eigenvalue weighted by Gasteiger charge is 2.15. The molecule has 10 heteroatoms. The van der Waals surface area contributed by atoms with E-state index in [2.05, 4.69) is 14.8 Å². The summed E-state index contributed by atoms with van der Waals surface area (Å²) in [6.07, 6.45) is 1.14. The highest BCUT2D eigenvalue weighted by atomic mass is 16.6. The highest BCUT2D eigenvalue weighted by Crippen LogP contribution is 2.33. The Labute approximate surface area is 201 Å². The number of carbonyl (C=O) groups excluding carboxylic acids is 1. The normalized spacial score (nSPS) is 10.5. The Bertz CT molecular complexity index is 1370. The average Bonchev–Trinajstić information content (AvgIpc) is 3.35. The quantitative estimate of drug-likeness (QED) is 0.153. The van der Waals surface area contributed by atoms with Crippen molar-refractivity contribution < 1.29 is 33.3 Å². The maximum absolute atomic E-state index is 11.1. The highest BCUT2D eigenvalue weighted by molar-refractivity contribution is 5.88. The van der Waals surface area contributed by atoms with E-state index in [1.165, 1.54) is 7.11 Å². The molecule has 0 aliphatic heterocycles. The van der Waals surface area contributed by atoms with Gasteiger partial charge in [-0.1, -0.05) is 29.4 Å². The smallest absolute Gasteiger partial charge is 0.343 e. The van der Waals surface area contributed by atoms with E-state index in [0.29, 0.717) is 36.3 Å². The second-order valence-corrected chi connectivity index (χ2v) is 7.60. The number of nitrogens with zero attached hydrogens (tertiary/aromatic N) is 3. The van der Waals surface area contributed by atoms with Crippen molar-refractivity contribution in [1.82, 2.24) is 0 Å². The number of phenolic OH excluding ortho intramolecular Hbond substituents is 1. The van der Waals surface area contributed by atoms with Crippen molar-refractivity contribution in [2.45, 2.75) is 26.7 Å². The Balaban J connectivity index is 0.000000211. The molecule has 0 atom stereocenters. The number of para-hydroxylation sites is 2. The summed E-state index contributed by atoms with van der Waals surface area (Å²) in [5, 5.41) is 23.7. The number of furan rings is 2. The third-order valence-electron chi connectivity index (χ3n) is 5.44. The zero-order chi connectivity index (χ0) is 25.4. The molecule has 0 amide bonds. The van der Waals surface area contributed by atoms with E-state index in [1.54, 1.807) is 18.2 Å². The van der Waals surface area contributed by atoms with Crippen molar-refractivity contribution in [2.24, 2.45) is 5.11 Å². The van der Waals surface area contributed by atoms with Crippen LogP contribution in [0.1, 0.15) is 22.6 Å². The van der Waals surface area contributed by atoms with Gasteiger partial charge in [-0.25, -0.2) is 4.79 Å². The van der Waals surface area contributed by atoms with Gasteiger partial charge in [0.25, 0.3) is 0 Å². The number of esters is 1. The fourth-order valence-corrected chi connectivity index (χ4v) is 3.79. The molecule has 2 heterocycles. The molecule has 0 aliphatic carbocycles. The van der Waals surface area contributed by atoms with Gasteiger partial charge in [0.05, 0.1) is 7.11 Å². The van der Waals surface area contributed by atoms with Gasteiger partial charge in [0, 0.05) is 40.0 Å². The number of methoxy groups -OCH3 is 1. The van der Waals surface area contributed by atoms with Crippen molar-refractivity contribution in [2.75, 3.05) is 26.9 Å². The topological polar surface area (TPSA) is 151 Å². The van der Waals surface area contributed by atoms with Gasteiger partial charge in [-0.2, -0.15) is 0 Å². The van der Waals surface area contributed by atoms with E-state index in [0.717, 1.165) is 33.4 Å². The lowest BCUT2D eigenvalue weighted by Gasteiger charge is -2.05. The van der Waals surface area contributed by atoms with Crippen LogP contribution in [0.3, 0.4) is 0 Å². The van der Waals surface area contributed by atoms with E-state index in [4.69, 9.17) is 24.2 Å². The fraction of sp³-hybridized carbons (Fsp3) is 0.320. The van der Waals surface area contributed by atoms with Gasteiger partial charge in [-0.3, -0.25) is 0 Å². The Morgan fingerprint density at radius 2 is 1.66 bits per heavy atom. The Morgan fingerprint density at radius 1 is 1.03 bits per heavy atom. The minimum atomic E-state index is -0.459. The Hall–Kier alpha value is -4.14. The third-order valence-corrected chi connectivity index (χ3v) is 5.44. The Kier molecular flexibility index (Phi) is 8.61. The van der Waals surface area contributed by atoms with Gasteiger partial charge in [0.15, 0.2) is 29.3 Å². The summed E-state index contributed by atoms with van der Waals surface area (Å²) in [7, 11) is 1.30. The van der Waals surface area contributed by atoms with Crippen LogP contribution in [-0.4, -0.2) is 43.1 Å². The van der Waals surface area contributed by atoms with Gasteiger partial charge in [0.1, 0.15) is 11.5 Å². The molecule has 10 nitrogen and oxygen atoms in total. The predicted octanol–water partition coefficient (Wildman–Crippen LogP) is 5.13. The molecule has 0 bridgehead atoms.